The van der Waals surface area contributed by atoms with Gasteiger partial charge in [-0.3, -0.25) is 9.69 Å². The maximum absolute atomic E-state index is 12.1. The lowest BCUT2D eigenvalue weighted by atomic mass is 10.2. The summed E-state index contributed by atoms with van der Waals surface area (Å²) < 4.78 is 5.68. The Balaban J connectivity index is 1.77. The fraction of sp³-hybridized carbons (Fsp3) is 0.588. The number of benzene rings is 1. The Kier molecular flexibility index (Phi) is 5.80. The van der Waals surface area contributed by atoms with Gasteiger partial charge >= 0.3 is 0 Å². The van der Waals surface area contributed by atoms with Crippen LogP contribution < -0.4 is 10.2 Å². The Morgan fingerprint density at radius 2 is 1.82 bits per heavy atom. The summed E-state index contributed by atoms with van der Waals surface area (Å²) in [5, 5.41) is 2.99. The molecule has 122 valence electrons. The predicted octanol–water partition coefficient (Wildman–Crippen LogP) is 1.48. The average Bonchev–Trinajstić information content (AvgIpc) is 2.44. The van der Waals surface area contributed by atoms with Gasteiger partial charge in [-0.15, -0.1) is 0 Å². The SMILES string of the molecule is C[C@@H]1CN(CC(=O)NCc2ccc(N(C)C)cc2)C[C@@H](C)O1. The summed E-state index contributed by atoms with van der Waals surface area (Å²) in [6, 6.07) is 8.22. The molecular weight excluding hydrogens is 278 g/mol. The van der Waals surface area contributed by atoms with Gasteiger partial charge in [0.05, 0.1) is 18.8 Å². The molecule has 1 saturated heterocycles. The van der Waals surface area contributed by atoms with Crippen LogP contribution in [0.4, 0.5) is 5.69 Å². The molecule has 1 aliphatic rings. The molecule has 1 heterocycles. The highest BCUT2D eigenvalue weighted by molar-refractivity contribution is 5.78. The number of hydrogen-bond acceptors (Lipinski definition) is 4. The zero-order chi connectivity index (χ0) is 16.1. The highest BCUT2D eigenvalue weighted by Gasteiger charge is 2.23. The van der Waals surface area contributed by atoms with Crippen LogP contribution in [0.1, 0.15) is 19.4 Å². The minimum atomic E-state index is 0.0676. The molecule has 2 atom stereocenters. The quantitative estimate of drug-likeness (QED) is 0.895. The lowest BCUT2D eigenvalue weighted by Gasteiger charge is -2.34. The topological polar surface area (TPSA) is 44.8 Å². The Labute approximate surface area is 133 Å². The van der Waals surface area contributed by atoms with Crippen LogP contribution in [0.2, 0.25) is 0 Å². The number of nitrogens with zero attached hydrogens (tertiary/aromatic N) is 2. The second-order valence-electron chi connectivity index (χ2n) is 6.29. The van der Waals surface area contributed by atoms with Crippen LogP contribution in [0.3, 0.4) is 0 Å². The second-order valence-corrected chi connectivity index (χ2v) is 6.29. The van der Waals surface area contributed by atoms with E-state index in [0.717, 1.165) is 24.3 Å². The van der Waals surface area contributed by atoms with Gasteiger partial charge in [0.15, 0.2) is 0 Å². The van der Waals surface area contributed by atoms with E-state index in [2.05, 4.69) is 39.4 Å². The molecule has 0 spiro atoms. The van der Waals surface area contributed by atoms with Crippen molar-refractivity contribution in [2.45, 2.75) is 32.6 Å². The van der Waals surface area contributed by atoms with Crippen LogP contribution >= 0.6 is 0 Å². The number of nitrogens with one attached hydrogen (secondary N) is 1. The molecule has 1 fully saturated rings. The summed E-state index contributed by atoms with van der Waals surface area (Å²) in [5.41, 5.74) is 2.27. The number of anilines is 1. The van der Waals surface area contributed by atoms with Crippen molar-refractivity contribution in [1.29, 1.82) is 0 Å². The standard InChI is InChI=1S/C17H27N3O2/c1-13-10-20(11-14(2)22-13)12-17(21)18-9-15-5-7-16(8-6-15)19(3)4/h5-8,13-14H,9-12H2,1-4H3,(H,18,21)/t13-,14-/m1/s1. The Morgan fingerprint density at radius 3 is 2.36 bits per heavy atom. The molecule has 0 unspecified atom stereocenters. The molecular formula is C17H27N3O2. The number of rotatable bonds is 5. The van der Waals surface area contributed by atoms with Crippen molar-refractivity contribution in [3.05, 3.63) is 29.8 Å². The van der Waals surface area contributed by atoms with Crippen molar-refractivity contribution < 1.29 is 9.53 Å². The average molecular weight is 305 g/mol. The van der Waals surface area contributed by atoms with E-state index in [0.29, 0.717) is 13.1 Å². The number of hydrogen-bond donors (Lipinski definition) is 1. The first kappa shape index (κ1) is 16.8. The Bertz CT molecular complexity index is 477. The third kappa shape index (κ3) is 5.00. The number of ether oxygens (including phenoxy) is 1. The molecule has 0 radical (unpaired) electrons. The zero-order valence-corrected chi connectivity index (χ0v) is 14.0. The predicted molar refractivity (Wildman–Crippen MR) is 89.1 cm³/mol. The molecule has 5 heteroatoms. The fourth-order valence-electron chi connectivity index (χ4n) is 2.79. The van der Waals surface area contributed by atoms with E-state index in [1.165, 1.54) is 0 Å². The van der Waals surface area contributed by atoms with Crippen LogP contribution in [-0.2, 0) is 16.1 Å². The lowest BCUT2D eigenvalue weighted by Crippen LogP contribution is -2.49. The van der Waals surface area contributed by atoms with Crippen LogP contribution in [0, 0.1) is 0 Å². The molecule has 1 aromatic rings. The van der Waals surface area contributed by atoms with Crippen molar-refractivity contribution in [2.24, 2.45) is 0 Å². The van der Waals surface area contributed by atoms with Crippen LogP contribution in [0.15, 0.2) is 24.3 Å². The normalized spacial score (nSPS) is 22.4. The number of carbonyl (C=O) groups is 1. The van der Waals surface area contributed by atoms with Crippen molar-refractivity contribution in [1.82, 2.24) is 10.2 Å². The highest BCUT2D eigenvalue weighted by atomic mass is 16.5. The Hall–Kier alpha value is -1.59. The molecule has 1 aromatic carbocycles. The van der Waals surface area contributed by atoms with Gasteiger partial charge in [0.2, 0.25) is 5.91 Å². The van der Waals surface area contributed by atoms with Gasteiger partial charge in [-0.1, -0.05) is 12.1 Å². The third-order valence-electron chi connectivity index (χ3n) is 3.80. The van der Waals surface area contributed by atoms with E-state index in [9.17, 15) is 4.79 Å². The van der Waals surface area contributed by atoms with E-state index in [4.69, 9.17) is 4.74 Å². The number of carbonyl (C=O) groups excluding carboxylic acids is 1. The van der Waals surface area contributed by atoms with Gasteiger partial charge in [0.1, 0.15) is 0 Å². The summed E-state index contributed by atoms with van der Waals surface area (Å²) in [6.07, 6.45) is 0.380. The maximum atomic E-state index is 12.1. The maximum Gasteiger partial charge on any atom is 0.234 e. The van der Waals surface area contributed by atoms with Crippen molar-refractivity contribution in [3.63, 3.8) is 0 Å². The van der Waals surface area contributed by atoms with E-state index < -0.39 is 0 Å². The summed E-state index contributed by atoms with van der Waals surface area (Å²) >= 11 is 0. The van der Waals surface area contributed by atoms with Gasteiger partial charge in [0.25, 0.3) is 0 Å². The smallest absolute Gasteiger partial charge is 0.234 e. The first-order chi connectivity index (χ1) is 10.4. The summed E-state index contributed by atoms with van der Waals surface area (Å²) in [5.74, 6) is 0.0676. The monoisotopic (exact) mass is 305 g/mol. The van der Waals surface area contributed by atoms with Crippen molar-refractivity contribution in [2.75, 3.05) is 38.6 Å². The number of amides is 1. The van der Waals surface area contributed by atoms with Gasteiger partial charge in [0, 0.05) is 39.4 Å². The fourth-order valence-corrected chi connectivity index (χ4v) is 2.79. The minimum Gasteiger partial charge on any atom is -0.378 e. The van der Waals surface area contributed by atoms with Crippen molar-refractivity contribution >= 4 is 11.6 Å². The van der Waals surface area contributed by atoms with Crippen molar-refractivity contribution in [3.8, 4) is 0 Å². The molecule has 1 N–H and O–H groups in total. The zero-order valence-electron chi connectivity index (χ0n) is 14.0. The number of morpholine rings is 1. The molecule has 0 aromatic heterocycles. The summed E-state index contributed by atoms with van der Waals surface area (Å²) in [7, 11) is 4.03. The third-order valence-corrected chi connectivity index (χ3v) is 3.80. The minimum absolute atomic E-state index is 0.0676. The van der Waals surface area contributed by atoms with Gasteiger partial charge < -0.3 is 15.0 Å². The van der Waals surface area contributed by atoms with E-state index in [1.54, 1.807) is 0 Å². The van der Waals surface area contributed by atoms with E-state index in [1.807, 2.05) is 27.9 Å². The molecule has 1 amide bonds. The molecule has 22 heavy (non-hydrogen) atoms. The van der Waals surface area contributed by atoms with Crippen LogP contribution in [0.5, 0.6) is 0 Å². The van der Waals surface area contributed by atoms with E-state index in [-0.39, 0.29) is 18.1 Å². The molecule has 1 aliphatic heterocycles. The molecule has 2 rings (SSSR count). The van der Waals surface area contributed by atoms with Crippen LogP contribution in [-0.4, -0.2) is 56.7 Å². The first-order valence-electron chi connectivity index (χ1n) is 7.85. The highest BCUT2D eigenvalue weighted by Crippen LogP contribution is 2.12. The first-order valence-corrected chi connectivity index (χ1v) is 7.85. The van der Waals surface area contributed by atoms with Crippen LogP contribution in [0.25, 0.3) is 0 Å². The molecule has 5 nitrogen and oxygen atoms in total. The molecule has 0 saturated carbocycles. The van der Waals surface area contributed by atoms with Gasteiger partial charge in [-0.2, -0.15) is 0 Å². The largest absolute Gasteiger partial charge is 0.378 e. The summed E-state index contributed by atoms with van der Waals surface area (Å²) in [4.78, 5) is 16.3. The lowest BCUT2D eigenvalue weighted by molar-refractivity contribution is -0.126. The molecule has 0 aliphatic carbocycles. The van der Waals surface area contributed by atoms with Gasteiger partial charge in [-0.05, 0) is 31.5 Å². The Morgan fingerprint density at radius 1 is 1.23 bits per heavy atom. The van der Waals surface area contributed by atoms with E-state index >= 15 is 0 Å². The molecule has 0 bridgehead atoms. The van der Waals surface area contributed by atoms with Gasteiger partial charge in [-0.25, -0.2) is 0 Å². The summed E-state index contributed by atoms with van der Waals surface area (Å²) in [6.45, 7) is 6.74. The second kappa shape index (κ2) is 7.61.